The zero-order valence-corrected chi connectivity index (χ0v) is 34.0. The lowest BCUT2D eigenvalue weighted by Crippen LogP contribution is -2.39. The predicted octanol–water partition coefficient (Wildman–Crippen LogP) is 9.87. The summed E-state index contributed by atoms with van der Waals surface area (Å²) in [5, 5.41) is 41.0. The Balaban J connectivity index is 1.37. The number of hydrogen-bond acceptors (Lipinski definition) is 7. The second kappa shape index (κ2) is 18.3. The summed E-state index contributed by atoms with van der Waals surface area (Å²) in [4.78, 5) is 53.2. The van der Waals surface area contributed by atoms with Crippen molar-refractivity contribution in [1.82, 2.24) is 9.80 Å². The van der Waals surface area contributed by atoms with Crippen LogP contribution in [0.15, 0.2) is 82.6 Å². The molecule has 2 amide bonds. The lowest BCUT2D eigenvalue weighted by molar-refractivity contribution is -0.145. The maximum Gasteiger partial charge on any atom is 0.306 e. The number of aliphatic carboxylic acids is 2. The normalized spacial score (nSPS) is 15.4. The van der Waals surface area contributed by atoms with Crippen LogP contribution in [-0.2, 0) is 19.2 Å². The van der Waals surface area contributed by atoms with Gasteiger partial charge >= 0.3 is 11.9 Å². The molecule has 4 aromatic rings. The number of piperidine rings is 2. The highest BCUT2D eigenvalue weighted by molar-refractivity contribution is 7.99. The van der Waals surface area contributed by atoms with Crippen LogP contribution < -0.4 is 0 Å². The average Bonchev–Trinajstić information content (AvgIpc) is 3.20. The molecular formula is C42H36Cl4N2O8S. The van der Waals surface area contributed by atoms with E-state index in [-0.39, 0.29) is 43.4 Å². The second-order valence-electron chi connectivity index (χ2n) is 13.6. The molecule has 2 heterocycles. The highest BCUT2D eigenvalue weighted by atomic mass is 35.5. The van der Waals surface area contributed by atoms with Crippen LogP contribution in [0.25, 0.3) is 34.4 Å². The third-order valence-electron chi connectivity index (χ3n) is 10.1. The molecule has 0 bridgehead atoms. The molecule has 0 atom stereocenters. The second-order valence-corrected chi connectivity index (χ2v) is 16.2. The van der Waals surface area contributed by atoms with Crippen molar-refractivity contribution >= 4 is 94.1 Å². The van der Waals surface area contributed by atoms with Crippen molar-refractivity contribution in [3.8, 4) is 33.8 Å². The summed E-state index contributed by atoms with van der Waals surface area (Å²) in [6, 6.07) is 16.6. The molecule has 2 fully saturated rings. The SMILES string of the molecule is O=C(O)C1CCN(C(=O)C=Cc2c(-c3ccccc3O)cc(Sc3cc(-c4ccccc4O)c(C=CC(=O)N4CCC(C(=O)O)CC4)c(Cl)c3Cl)c(Cl)c2Cl)CC1. The summed E-state index contributed by atoms with van der Waals surface area (Å²) in [7, 11) is 0. The van der Waals surface area contributed by atoms with Gasteiger partial charge < -0.3 is 30.2 Å². The monoisotopic (exact) mass is 868 g/mol. The van der Waals surface area contributed by atoms with Gasteiger partial charge in [-0.2, -0.15) is 0 Å². The molecule has 2 aliphatic rings. The van der Waals surface area contributed by atoms with Crippen molar-refractivity contribution in [3.63, 3.8) is 0 Å². The highest BCUT2D eigenvalue weighted by Crippen LogP contribution is 2.50. The molecule has 4 N–H and O–H groups in total. The molecule has 6 rings (SSSR count). The number of likely N-dealkylation sites (tertiary alicyclic amines) is 2. The van der Waals surface area contributed by atoms with Gasteiger partial charge in [0.2, 0.25) is 11.8 Å². The standard InChI is InChI=1S/C42H36Cl4N2O8S/c43-37-27(9-11-35(51)47-17-13-23(14-18-47)41(53)54)29(25-5-1-3-7-31(25)49)21-33(39(37)45)57-34-22-30(26-6-2-4-8-32(26)50)28(38(44)40(34)46)10-12-36(52)48-19-15-24(16-20-48)42(55)56/h1-12,21-24,49-50H,13-20H2,(H,53,54)(H,55,56). The van der Waals surface area contributed by atoms with Gasteiger partial charge in [0.1, 0.15) is 11.5 Å². The van der Waals surface area contributed by atoms with Crippen molar-refractivity contribution in [2.75, 3.05) is 26.2 Å². The van der Waals surface area contributed by atoms with Gasteiger partial charge in [-0.3, -0.25) is 19.2 Å². The summed E-state index contributed by atoms with van der Waals surface area (Å²) >= 11 is 28.9. The fourth-order valence-corrected chi connectivity index (χ4v) is 9.05. The van der Waals surface area contributed by atoms with Crippen molar-refractivity contribution < 1.29 is 39.6 Å². The number of benzene rings is 4. The quantitative estimate of drug-likeness (QED) is 0.114. The van der Waals surface area contributed by atoms with Crippen molar-refractivity contribution in [2.45, 2.75) is 35.5 Å². The molecule has 4 aromatic carbocycles. The Bertz CT molecular complexity index is 2140. The number of rotatable bonds is 10. The Morgan fingerprint density at radius 1 is 0.561 bits per heavy atom. The Kier molecular flexibility index (Phi) is 13.5. The molecule has 2 saturated heterocycles. The Morgan fingerprint density at radius 3 is 1.25 bits per heavy atom. The maximum atomic E-state index is 13.2. The fourth-order valence-electron chi connectivity index (χ4n) is 6.89. The van der Waals surface area contributed by atoms with Gasteiger partial charge in [-0.15, -0.1) is 0 Å². The number of phenols is 2. The highest BCUT2D eigenvalue weighted by Gasteiger charge is 2.28. The molecule has 10 nitrogen and oxygen atoms in total. The van der Waals surface area contributed by atoms with E-state index in [1.165, 1.54) is 36.4 Å². The van der Waals surface area contributed by atoms with E-state index in [0.717, 1.165) is 11.8 Å². The summed E-state index contributed by atoms with van der Waals surface area (Å²) in [5.41, 5.74) is 2.43. The minimum Gasteiger partial charge on any atom is -0.507 e. The third-order valence-corrected chi connectivity index (χ3v) is 13.2. The van der Waals surface area contributed by atoms with E-state index < -0.39 is 23.8 Å². The molecule has 0 spiro atoms. The van der Waals surface area contributed by atoms with E-state index in [1.807, 2.05) is 0 Å². The molecule has 0 saturated carbocycles. The Labute approximate surface area is 352 Å². The van der Waals surface area contributed by atoms with Crippen LogP contribution in [0.1, 0.15) is 36.8 Å². The predicted molar refractivity (Wildman–Crippen MR) is 223 cm³/mol. The molecule has 0 unspecified atom stereocenters. The van der Waals surface area contributed by atoms with Gasteiger partial charge in [-0.25, -0.2) is 0 Å². The number of carbonyl (C=O) groups excluding carboxylic acids is 2. The number of hydrogen-bond donors (Lipinski definition) is 4. The van der Waals surface area contributed by atoms with Crippen molar-refractivity contribution in [3.05, 3.63) is 104 Å². The number of carboxylic acids is 2. The Morgan fingerprint density at radius 2 is 0.912 bits per heavy atom. The Hall–Kier alpha value is -4.65. The molecule has 0 aromatic heterocycles. The van der Waals surface area contributed by atoms with Crippen LogP contribution in [-0.4, -0.2) is 80.2 Å². The van der Waals surface area contributed by atoms with Crippen molar-refractivity contribution in [2.24, 2.45) is 11.8 Å². The summed E-state index contributed by atoms with van der Waals surface area (Å²) in [5.74, 6) is -3.52. The minimum absolute atomic E-state index is 0.0524. The first-order valence-corrected chi connectivity index (χ1v) is 20.3. The smallest absolute Gasteiger partial charge is 0.306 e. The summed E-state index contributed by atoms with van der Waals surface area (Å²) in [6.07, 6.45) is 7.12. The van der Waals surface area contributed by atoms with Crippen LogP contribution in [0.5, 0.6) is 11.5 Å². The van der Waals surface area contributed by atoms with E-state index in [2.05, 4.69) is 0 Å². The maximum absolute atomic E-state index is 13.2. The van der Waals surface area contributed by atoms with Gasteiger partial charge in [0.15, 0.2) is 0 Å². The first-order valence-electron chi connectivity index (χ1n) is 17.9. The largest absolute Gasteiger partial charge is 0.507 e. The van der Waals surface area contributed by atoms with Crippen LogP contribution in [0.2, 0.25) is 20.1 Å². The van der Waals surface area contributed by atoms with Gasteiger partial charge in [0.05, 0.1) is 31.9 Å². The molecule has 0 aliphatic carbocycles. The lowest BCUT2D eigenvalue weighted by atomic mass is 9.96. The van der Waals surface area contributed by atoms with E-state index in [0.29, 0.717) is 95.0 Å². The third kappa shape index (κ3) is 9.40. The van der Waals surface area contributed by atoms with Crippen LogP contribution in [0, 0.1) is 11.8 Å². The van der Waals surface area contributed by atoms with E-state index >= 15 is 0 Å². The molecule has 15 heteroatoms. The first kappa shape index (κ1) is 42.0. The summed E-state index contributed by atoms with van der Waals surface area (Å²) in [6.45, 7) is 1.17. The molecule has 0 radical (unpaired) electrons. The average molecular weight is 871 g/mol. The molecular weight excluding hydrogens is 834 g/mol. The molecule has 57 heavy (non-hydrogen) atoms. The van der Waals surface area contributed by atoms with Gasteiger partial charge in [-0.05, 0) is 73.2 Å². The number of halogens is 4. The number of phenolic OH excluding ortho intramolecular Hbond substituents is 2. The lowest BCUT2D eigenvalue weighted by Gasteiger charge is -2.29. The molecule has 2 aliphatic heterocycles. The zero-order valence-electron chi connectivity index (χ0n) is 30.1. The van der Waals surface area contributed by atoms with Crippen LogP contribution in [0.3, 0.4) is 0 Å². The van der Waals surface area contributed by atoms with E-state index in [9.17, 15) is 39.6 Å². The number of nitrogens with zero attached hydrogens (tertiary/aromatic N) is 2. The number of para-hydroxylation sites is 2. The van der Waals surface area contributed by atoms with Crippen LogP contribution >= 0.6 is 58.2 Å². The van der Waals surface area contributed by atoms with E-state index in [4.69, 9.17) is 46.4 Å². The number of carboxylic acid groups (broad SMARTS) is 2. The zero-order chi connectivity index (χ0) is 41.0. The number of aromatic hydroxyl groups is 2. The molecule has 296 valence electrons. The minimum atomic E-state index is -0.880. The van der Waals surface area contributed by atoms with Crippen LogP contribution in [0.4, 0.5) is 0 Å². The van der Waals surface area contributed by atoms with Crippen molar-refractivity contribution in [1.29, 1.82) is 0 Å². The fraction of sp³-hybridized carbons (Fsp3) is 0.238. The van der Waals surface area contributed by atoms with Gasteiger partial charge in [-0.1, -0.05) is 94.6 Å². The number of carbonyl (C=O) groups is 4. The topological polar surface area (TPSA) is 156 Å². The van der Waals surface area contributed by atoms with E-state index in [1.54, 1.807) is 58.3 Å². The first-order chi connectivity index (χ1) is 27.2. The number of amides is 2. The summed E-state index contributed by atoms with van der Waals surface area (Å²) < 4.78 is 0. The van der Waals surface area contributed by atoms with Gasteiger partial charge in [0, 0.05) is 70.4 Å². The van der Waals surface area contributed by atoms with Gasteiger partial charge in [0.25, 0.3) is 0 Å².